The third kappa shape index (κ3) is 8.16. The molecule has 3 aliphatic heterocycles. The summed E-state index contributed by atoms with van der Waals surface area (Å²) < 4.78 is 35.5. The fourth-order valence-corrected chi connectivity index (χ4v) is 5.07. The Hall–Kier alpha value is -2.77. The monoisotopic (exact) mass is 577 g/mol. The van der Waals surface area contributed by atoms with E-state index in [9.17, 15) is 14.4 Å². The number of carbonyl (C=O) groups is 3. The summed E-state index contributed by atoms with van der Waals surface area (Å²) in [4.78, 5) is 39.0. The van der Waals surface area contributed by atoms with E-state index in [1.54, 1.807) is 34.6 Å². The van der Waals surface area contributed by atoms with Crippen LogP contribution in [0.2, 0.25) is 0 Å². The highest BCUT2D eigenvalue weighted by molar-refractivity contribution is 5.91. The summed E-state index contributed by atoms with van der Waals surface area (Å²) in [7, 11) is 0. The number of ether oxygens (including phenoxy) is 6. The Morgan fingerprint density at radius 1 is 0.927 bits per heavy atom. The van der Waals surface area contributed by atoms with Gasteiger partial charge in [0, 0.05) is 6.42 Å². The lowest BCUT2D eigenvalue weighted by Crippen LogP contribution is -2.56. The number of rotatable bonds is 8. The standard InChI is InChI=1S/C29H43N3O9/c1-16(30-26(35)41-27(2,3)4)23(33)31-18(14-17-12-10-9-11-13-17)24(34)32-25-22-21(39-29(7,8)40-22)20(37-25)19-15-36-28(5,6)38-19/h9-13,16,18-22,25H,14-15H2,1-8H3,(H,30,35)(H,31,33)(H,32,34)/t16-,18-,19?,20+,21-,22-,25?/m0/s1. The molecule has 2 unspecified atom stereocenters. The van der Waals surface area contributed by atoms with E-state index in [1.807, 2.05) is 44.2 Å². The number of nitrogens with one attached hydrogen (secondary N) is 3. The molecule has 4 rings (SSSR count). The molecular formula is C29H43N3O9. The van der Waals surface area contributed by atoms with E-state index in [2.05, 4.69) is 16.0 Å². The maximum absolute atomic E-state index is 13.7. The molecule has 228 valence electrons. The number of hydrogen-bond acceptors (Lipinski definition) is 9. The van der Waals surface area contributed by atoms with Crippen LogP contribution in [-0.2, 0) is 44.4 Å². The highest BCUT2D eigenvalue weighted by atomic mass is 16.8. The van der Waals surface area contributed by atoms with Gasteiger partial charge < -0.3 is 44.4 Å². The minimum atomic E-state index is -0.978. The van der Waals surface area contributed by atoms with E-state index in [1.165, 1.54) is 6.92 Å². The molecule has 3 amide bonds. The summed E-state index contributed by atoms with van der Waals surface area (Å²) in [5.41, 5.74) is 0.114. The molecule has 3 aliphatic rings. The lowest BCUT2D eigenvalue weighted by Gasteiger charge is -2.28. The van der Waals surface area contributed by atoms with E-state index in [0.29, 0.717) is 6.61 Å². The van der Waals surface area contributed by atoms with Crippen LogP contribution < -0.4 is 16.0 Å². The molecule has 0 aromatic heterocycles. The van der Waals surface area contributed by atoms with Gasteiger partial charge in [-0.25, -0.2) is 4.79 Å². The zero-order chi connectivity index (χ0) is 30.2. The third-order valence-electron chi connectivity index (χ3n) is 6.81. The van der Waals surface area contributed by atoms with Gasteiger partial charge in [-0.3, -0.25) is 9.59 Å². The second-order valence-electron chi connectivity index (χ2n) is 12.6. The summed E-state index contributed by atoms with van der Waals surface area (Å²) in [6.45, 7) is 14.3. The van der Waals surface area contributed by atoms with Gasteiger partial charge in [0.05, 0.1) is 6.61 Å². The van der Waals surface area contributed by atoms with Crippen LogP contribution in [0.25, 0.3) is 0 Å². The average Bonchev–Trinajstić information content (AvgIpc) is 3.47. The van der Waals surface area contributed by atoms with Crippen molar-refractivity contribution in [2.75, 3.05) is 6.61 Å². The van der Waals surface area contributed by atoms with Crippen LogP contribution in [0.15, 0.2) is 30.3 Å². The van der Waals surface area contributed by atoms with Gasteiger partial charge in [0.25, 0.3) is 0 Å². The molecule has 3 fully saturated rings. The molecule has 3 N–H and O–H groups in total. The molecule has 0 spiro atoms. The minimum absolute atomic E-state index is 0.207. The zero-order valence-electron chi connectivity index (χ0n) is 25.0. The van der Waals surface area contributed by atoms with Gasteiger partial charge in [0.2, 0.25) is 11.8 Å². The van der Waals surface area contributed by atoms with E-state index in [0.717, 1.165) is 5.56 Å². The Morgan fingerprint density at radius 2 is 1.59 bits per heavy atom. The average molecular weight is 578 g/mol. The van der Waals surface area contributed by atoms with Crippen molar-refractivity contribution in [1.29, 1.82) is 0 Å². The van der Waals surface area contributed by atoms with Crippen molar-refractivity contribution in [1.82, 2.24) is 16.0 Å². The van der Waals surface area contributed by atoms with Crippen molar-refractivity contribution < 1.29 is 42.8 Å². The Kier molecular flexibility index (Phi) is 9.01. The predicted molar refractivity (Wildman–Crippen MR) is 146 cm³/mol. The first-order valence-electron chi connectivity index (χ1n) is 14.0. The second kappa shape index (κ2) is 11.8. The molecule has 41 heavy (non-hydrogen) atoms. The van der Waals surface area contributed by atoms with Crippen molar-refractivity contribution in [3.05, 3.63) is 35.9 Å². The van der Waals surface area contributed by atoms with E-state index >= 15 is 0 Å². The molecule has 3 saturated heterocycles. The largest absolute Gasteiger partial charge is 0.444 e. The van der Waals surface area contributed by atoms with Crippen molar-refractivity contribution in [2.45, 2.75) is 122 Å². The second-order valence-corrected chi connectivity index (χ2v) is 12.6. The van der Waals surface area contributed by atoms with Crippen LogP contribution in [0.1, 0.15) is 61.0 Å². The smallest absolute Gasteiger partial charge is 0.408 e. The third-order valence-corrected chi connectivity index (χ3v) is 6.81. The molecule has 0 bridgehead atoms. The topological polar surface area (TPSA) is 143 Å². The summed E-state index contributed by atoms with van der Waals surface area (Å²) in [5.74, 6) is -2.69. The fourth-order valence-electron chi connectivity index (χ4n) is 5.07. The van der Waals surface area contributed by atoms with Gasteiger partial charge in [0.1, 0.15) is 42.1 Å². The highest BCUT2D eigenvalue weighted by Gasteiger charge is 2.59. The molecule has 1 aromatic carbocycles. The van der Waals surface area contributed by atoms with Crippen molar-refractivity contribution in [3.8, 4) is 0 Å². The summed E-state index contributed by atoms with van der Waals surface area (Å²) in [6, 6.07) is 7.37. The first kappa shape index (κ1) is 31.2. The summed E-state index contributed by atoms with van der Waals surface area (Å²) in [6.07, 6.45) is -3.46. The summed E-state index contributed by atoms with van der Waals surface area (Å²) in [5, 5.41) is 8.18. The van der Waals surface area contributed by atoms with Gasteiger partial charge in [0.15, 0.2) is 17.8 Å². The van der Waals surface area contributed by atoms with Gasteiger partial charge in [-0.05, 0) is 61.0 Å². The van der Waals surface area contributed by atoms with Crippen molar-refractivity contribution in [2.24, 2.45) is 0 Å². The number of carbonyl (C=O) groups excluding carboxylic acids is 3. The van der Waals surface area contributed by atoms with Crippen LogP contribution in [0.3, 0.4) is 0 Å². The van der Waals surface area contributed by atoms with Crippen LogP contribution in [0, 0.1) is 0 Å². The Bertz CT molecular complexity index is 1100. The van der Waals surface area contributed by atoms with Crippen LogP contribution in [-0.4, -0.2) is 84.4 Å². The van der Waals surface area contributed by atoms with Crippen molar-refractivity contribution >= 4 is 17.9 Å². The Labute approximate surface area is 241 Å². The molecule has 0 radical (unpaired) electrons. The highest BCUT2D eigenvalue weighted by Crippen LogP contribution is 2.41. The molecule has 12 heteroatoms. The number of benzene rings is 1. The maximum atomic E-state index is 13.7. The predicted octanol–water partition coefficient (Wildman–Crippen LogP) is 2.14. The van der Waals surface area contributed by atoms with Crippen LogP contribution >= 0.6 is 0 Å². The molecule has 0 aliphatic carbocycles. The Morgan fingerprint density at radius 3 is 2.20 bits per heavy atom. The molecular weight excluding hydrogens is 534 g/mol. The van der Waals surface area contributed by atoms with Gasteiger partial charge >= 0.3 is 6.09 Å². The van der Waals surface area contributed by atoms with Gasteiger partial charge in [-0.15, -0.1) is 0 Å². The fraction of sp³-hybridized carbons (Fsp3) is 0.690. The zero-order valence-corrected chi connectivity index (χ0v) is 25.0. The number of hydrogen-bond donors (Lipinski definition) is 3. The molecule has 12 nitrogen and oxygen atoms in total. The molecule has 3 heterocycles. The SMILES string of the molecule is C[C@H](NC(=O)OC(C)(C)C)C(=O)N[C@@H](Cc1ccccc1)C(=O)NC1O[C@H](C2COC(C)(C)O2)[C@@H]2OC(C)(C)O[C@H]12. The number of fused-ring (bicyclic) bond motifs is 1. The summed E-state index contributed by atoms with van der Waals surface area (Å²) >= 11 is 0. The van der Waals surface area contributed by atoms with E-state index in [-0.39, 0.29) is 6.42 Å². The molecule has 0 saturated carbocycles. The van der Waals surface area contributed by atoms with Crippen LogP contribution in [0.4, 0.5) is 4.79 Å². The number of amides is 3. The maximum Gasteiger partial charge on any atom is 0.408 e. The lowest BCUT2D eigenvalue weighted by atomic mass is 10.0. The Balaban J connectivity index is 1.47. The van der Waals surface area contributed by atoms with Gasteiger partial charge in [-0.1, -0.05) is 30.3 Å². The van der Waals surface area contributed by atoms with Crippen LogP contribution in [0.5, 0.6) is 0 Å². The van der Waals surface area contributed by atoms with Gasteiger partial charge in [-0.2, -0.15) is 0 Å². The molecule has 1 aromatic rings. The molecule has 7 atom stereocenters. The van der Waals surface area contributed by atoms with E-state index < -0.39 is 77.8 Å². The lowest BCUT2D eigenvalue weighted by molar-refractivity contribution is -0.209. The number of alkyl carbamates (subject to hydrolysis) is 1. The quantitative estimate of drug-likeness (QED) is 0.424. The normalized spacial score (nSPS) is 29.7. The van der Waals surface area contributed by atoms with E-state index in [4.69, 9.17) is 28.4 Å². The first-order valence-corrected chi connectivity index (χ1v) is 14.0. The first-order chi connectivity index (χ1) is 19.0. The minimum Gasteiger partial charge on any atom is -0.444 e. The van der Waals surface area contributed by atoms with Crippen molar-refractivity contribution in [3.63, 3.8) is 0 Å².